The van der Waals surface area contributed by atoms with Crippen LogP contribution < -0.4 is 10.6 Å². The zero-order chi connectivity index (χ0) is 29.5. The Morgan fingerprint density at radius 3 is 2.15 bits per heavy atom. The minimum Gasteiger partial charge on any atom is -0.379 e. The van der Waals surface area contributed by atoms with Gasteiger partial charge >= 0.3 is 0 Å². The molecule has 1 fully saturated rings. The Bertz CT molecular complexity index is 1070. The molecule has 2 N–H and O–H groups in total. The second-order valence-electron chi connectivity index (χ2n) is 9.97. The average molecular weight is 686 g/mol. The van der Waals surface area contributed by atoms with Crippen molar-refractivity contribution in [2.45, 2.75) is 70.3 Å². The maximum atomic E-state index is 13.1. The number of benzene rings is 1. The van der Waals surface area contributed by atoms with Gasteiger partial charge in [0.05, 0.1) is 43.2 Å². The smallest absolute Gasteiger partial charge is 0.264 e. The zero-order valence-electron chi connectivity index (χ0n) is 23.4. The number of carbonyl (C=O) groups is 5. The molecule has 1 aromatic rings. The Labute approximate surface area is 254 Å². The molecular formula is C29H40IN3O8. The summed E-state index contributed by atoms with van der Waals surface area (Å²) in [4.78, 5) is 63.2. The highest BCUT2D eigenvalue weighted by molar-refractivity contribution is 14.1. The van der Waals surface area contributed by atoms with Crippen LogP contribution in [0.4, 0.5) is 5.69 Å². The average Bonchev–Trinajstić information content (AvgIpc) is 3.20. The van der Waals surface area contributed by atoms with E-state index in [4.69, 9.17) is 14.2 Å². The van der Waals surface area contributed by atoms with Gasteiger partial charge in [0.2, 0.25) is 17.7 Å². The summed E-state index contributed by atoms with van der Waals surface area (Å²) in [6.07, 6.45) is 7.48. The van der Waals surface area contributed by atoms with Crippen molar-refractivity contribution in [3.8, 4) is 0 Å². The second kappa shape index (κ2) is 18.2. The number of alkyl halides is 1. The van der Waals surface area contributed by atoms with Crippen LogP contribution in [-0.2, 0) is 28.6 Å². The molecule has 2 aliphatic heterocycles. The number of nitrogens with zero attached hydrogens (tertiary/aromatic N) is 1. The predicted octanol–water partition coefficient (Wildman–Crippen LogP) is 3.63. The summed E-state index contributed by atoms with van der Waals surface area (Å²) in [6, 6.07) is 3.58. The topological polar surface area (TPSA) is 140 Å². The zero-order valence-corrected chi connectivity index (χ0v) is 25.6. The van der Waals surface area contributed by atoms with Gasteiger partial charge in [0.1, 0.15) is 6.04 Å². The van der Waals surface area contributed by atoms with E-state index in [-0.39, 0.29) is 42.0 Å². The van der Waals surface area contributed by atoms with Gasteiger partial charge < -0.3 is 19.5 Å². The number of amides is 5. The minimum atomic E-state index is -1.05. The first kappa shape index (κ1) is 33.1. The van der Waals surface area contributed by atoms with Crippen LogP contribution in [0.25, 0.3) is 0 Å². The lowest BCUT2D eigenvalue weighted by atomic mass is 10.0. The molecule has 1 unspecified atom stereocenters. The molecule has 1 saturated heterocycles. The van der Waals surface area contributed by atoms with Gasteiger partial charge in [-0.25, -0.2) is 0 Å². The number of piperidine rings is 1. The first-order valence-corrected chi connectivity index (χ1v) is 15.9. The molecule has 0 aliphatic carbocycles. The number of hydrogen-bond donors (Lipinski definition) is 2. The Morgan fingerprint density at radius 1 is 0.854 bits per heavy atom. The Balaban J connectivity index is 1.26. The number of fused-ring (bicyclic) bond motifs is 1. The number of hydrogen-bond acceptors (Lipinski definition) is 8. The lowest BCUT2D eigenvalue weighted by Crippen LogP contribution is -2.54. The van der Waals surface area contributed by atoms with Gasteiger partial charge in [-0.15, -0.1) is 0 Å². The first-order valence-electron chi connectivity index (χ1n) is 14.4. The number of unbranched alkanes of at least 4 members (excludes halogenated alkanes) is 5. The fraction of sp³-hybridized carbons (Fsp3) is 0.621. The van der Waals surface area contributed by atoms with E-state index >= 15 is 0 Å². The summed E-state index contributed by atoms with van der Waals surface area (Å²) in [5, 5.41) is 4.91. The van der Waals surface area contributed by atoms with Crippen molar-refractivity contribution in [3.63, 3.8) is 0 Å². The van der Waals surface area contributed by atoms with Crippen LogP contribution in [0.2, 0.25) is 0 Å². The number of carbonyl (C=O) groups excluding carboxylic acids is 5. The number of imide groups is 2. The fourth-order valence-electron chi connectivity index (χ4n) is 4.69. The molecule has 1 atom stereocenters. The highest BCUT2D eigenvalue weighted by Gasteiger charge is 2.45. The van der Waals surface area contributed by atoms with E-state index < -0.39 is 29.7 Å². The number of ether oxygens (including phenoxy) is 3. The molecule has 0 spiro atoms. The highest BCUT2D eigenvalue weighted by atomic mass is 127. The molecule has 0 bridgehead atoms. The van der Waals surface area contributed by atoms with Crippen LogP contribution in [0.3, 0.4) is 0 Å². The number of halogens is 1. The van der Waals surface area contributed by atoms with Gasteiger partial charge in [-0.1, -0.05) is 47.9 Å². The van der Waals surface area contributed by atoms with Crippen molar-refractivity contribution in [1.29, 1.82) is 0 Å². The molecule has 226 valence electrons. The summed E-state index contributed by atoms with van der Waals surface area (Å²) in [5.74, 6) is -2.64. The molecule has 0 saturated carbocycles. The van der Waals surface area contributed by atoms with Crippen molar-refractivity contribution < 1.29 is 38.2 Å². The van der Waals surface area contributed by atoms with Gasteiger partial charge in [0.15, 0.2) is 0 Å². The summed E-state index contributed by atoms with van der Waals surface area (Å²) < 4.78 is 17.9. The van der Waals surface area contributed by atoms with Crippen molar-refractivity contribution >= 4 is 57.8 Å². The maximum Gasteiger partial charge on any atom is 0.264 e. The molecular weight excluding hydrogens is 645 g/mol. The molecule has 3 rings (SSSR count). The van der Waals surface area contributed by atoms with Crippen molar-refractivity contribution in [1.82, 2.24) is 10.2 Å². The van der Waals surface area contributed by atoms with Crippen molar-refractivity contribution in [2.75, 3.05) is 49.4 Å². The van der Waals surface area contributed by atoms with Gasteiger partial charge in [-0.3, -0.25) is 34.2 Å². The quantitative estimate of drug-likeness (QED) is 0.0919. The van der Waals surface area contributed by atoms with E-state index in [1.165, 1.54) is 29.8 Å². The van der Waals surface area contributed by atoms with Crippen molar-refractivity contribution in [3.05, 3.63) is 29.3 Å². The van der Waals surface area contributed by atoms with E-state index in [1.54, 1.807) is 12.1 Å². The molecule has 41 heavy (non-hydrogen) atoms. The van der Waals surface area contributed by atoms with Crippen LogP contribution in [0.1, 0.15) is 84.9 Å². The monoisotopic (exact) mass is 685 g/mol. The molecule has 1 aromatic carbocycles. The number of anilines is 1. The molecule has 12 heteroatoms. The predicted molar refractivity (Wildman–Crippen MR) is 160 cm³/mol. The number of nitrogens with one attached hydrogen (secondary N) is 2. The SMILES string of the molecule is O=C1CCC(N2C(=O)c3cccc(NC(=O)CCCCCOCCOCCOCCCCCCI)c3C2=O)C(=O)N1. The Kier molecular flexibility index (Phi) is 14.7. The largest absolute Gasteiger partial charge is 0.379 e. The van der Waals surface area contributed by atoms with Crippen LogP contribution in [0.15, 0.2) is 18.2 Å². The van der Waals surface area contributed by atoms with Gasteiger partial charge in [-0.05, 0) is 48.7 Å². The summed E-state index contributed by atoms with van der Waals surface area (Å²) in [6.45, 7) is 3.56. The minimum absolute atomic E-state index is 0.0425. The van der Waals surface area contributed by atoms with Crippen LogP contribution in [0, 0.1) is 0 Å². The van der Waals surface area contributed by atoms with Gasteiger partial charge in [0.25, 0.3) is 11.8 Å². The third-order valence-corrected chi connectivity index (χ3v) is 7.61. The van der Waals surface area contributed by atoms with E-state index in [2.05, 4.69) is 33.2 Å². The Morgan fingerprint density at radius 2 is 1.49 bits per heavy atom. The highest BCUT2D eigenvalue weighted by Crippen LogP contribution is 2.32. The lowest BCUT2D eigenvalue weighted by molar-refractivity contribution is -0.136. The maximum absolute atomic E-state index is 13.1. The molecule has 2 heterocycles. The summed E-state index contributed by atoms with van der Waals surface area (Å²) in [5.41, 5.74) is 0.435. The van der Waals surface area contributed by atoms with Crippen LogP contribution >= 0.6 is 22.6 Å². The second-order valence-corrected chi connectivity index (χ2v) is 11.1. The standard InChI is InChI=1S/C29H40IN3O8/c30-14-5-1-2-6-15-39-17-19-41-20-18-40-16-7-3-4-11-24(34)31-22-10-8-9-21-26(22)29(38)33(28(21)37)23-12-13-25(35)32-27(23)36/h8-10,23H,1-7,11-20H2,(H,31,34)(H,32,35,36). The van der Waals surface area contributed by atoms with E-state index in [9.17, 15) is 24.0 Å². The van der Waals surface area contributed by atoms with Crippen molar-refractivity contribution in [2.24, 2.45) is 0 Å². The van der Waals surface area contributed by atoms with Gasteiger partial charge in [-0.2, -0.15) is 0 Å². The van der Waals surface area contributed by atoms with Crippen LogP contribution in [-0.4, -0.2) is 84.5 Å². The fourth-order valence-corrected chi connectivity index (χ4v) is 5.23. The van der Waals surface area contributed by atoms with E-state index in [1.807, 2.05) is 0 Å². The normalized spacial score (nSPS) is 16.7. The first-order chi connectivity index (χ1) is 19.9. The molecule has 0 radical (unpaired) electrons. The summed E-state index contributed by atoms with van der Waals surface area (Å²) >= 11 is 2.40. The summed E-state index contributed by atoms with van der Waals surface area (Å²) in [7, 11) is 0. The van der Waals surface area contributed by atoms with Gasteiger partial charge in [0, 0.05) is 26.1 Å². The van der Waals surface area contributed by atoms with Crippen LogP contribution in [0.5, 0.6) is 0 Å². The number of rotatable bonds is 20. The van der Waals surface area contributed by atoms with E-state index in [0.29, 0.717) is 39.5 Å². The molecule has 5 amide bonds. The Hall–Kier alpha value is -2.42. The molecule has 2 aliphatic rings. The van der Waals surface area contributed by atoms with E-state index in [0.717, 1.165) is 30.8 Å². The molecule has 11 nitrogen and oxygen atoms in total. The molecule has 0 aromatic heterocycles. The lowest BCUT2D eigenvalue weighted by Gasteiger charge is -2.27. The third kappa shape index (κ3) is 10.4. The third-order valence-electron chi connectivity index (χ3n) is 6.85.